The number of anilines is 1. The predicted molar refractivity (Wildman–Crippen MR) is 175 cm³/mol. The minimum Gasteiger partial charge on any atom is -0.461 e. The molecule has 4 aliphatic rings. The Balaban J connectivity index is 1.25. The highest BCUT2D eigenvalue weighted by Gasteiger charge is 2.49. The number of benzene rings is 3. The van der Waals surface area contributed by atoms with Gasteiger partial charge < -0.3 is 15.0 Å². The third-order valence-corrected chi connectivity index (χ3v) is 10.9. The maximum Gasteiger partial charge on any atom is 0.319 e. The average Bonchev–Trinajstić information content (AvgIpc) is 3.81. The van der Waals surface area contributed by atoms with Gasteiger partial charge in [-0.1, -0.05) is 18.1 Å². The zero-order valence-electron chi connectivity index (χ0n) is 26.0. The van der Waals surface area contributed by atoms with E-state index in [1.807, 2.05) is 18.2 Å². The maximum absolute atomic E-state index is 17.2. The third-order valence-electron chi connectivity index (χ3n) is 10.9. The fourth-order valence-corrected chi connectivity index (χ4v) is 8.89. The van der Waals surface area contributed by atoms with Crippen molar-refractivity contribution in [3.63, 3.8) is 0 Å². The monoisotopic (exact) mass is 637 g/mol. The number of rotatable bonds is 5. The van der Waals surface area contributed by atoms with Crippen LogP contribution in [0.1, 0.15) is 44.6 Å². The lowest BCUT2D eigenvalue weighted by atomic mass is 9.90. The van der Waals surface area contributed by atoms with Gasteiger partial charge in [-0.15, -0.1) is 6.42 Å². The van der Waals surface area contributed by atoms with Gasteiger partial charge in [0.05, 0.1) is 22.8 Å². The number of aromatic nitrogens is 4. The fourth-order valence-electron chi connectivity index (χ4n) is 8.89. The summed E-state index contributed by atoms with van der Waals surface area (Å²) in [4.78, 5) is 13.7. The predicted octanol–water partition coefficient (Wildman–Crippen LogP) is 5.87. The van der Waals surface area contributed by atoms with Gasteiger partial charge >= 0.3 is 6.01 Å². The zero-order chi connectivity index (χ0) is 32.1. The summed E-state index contributed by atoms with van der Waals surface area (Å²) in [5.74, 6) is 1.54. The lowest BCUT2D eigenvalue weighted by Gasteiger charge is -2.40. The first-order chi connectivity index (χ1) is 22.7. The van der Waals surface area contributed by atoms with Crippen molar-refractivity contribution in [2.45, 2.75) is 62.3 Å². The highest BCUT2D eigenvalue weighted by molar-refractivity contribution is 6.14. The number of piperazine rings is 1. The molecule has 47 heavy (non-hydrogen) atoms. The molecule has 11 heteroatoms. The Labute approximate surface area is 269 Å². The summed E-state index contributed by atoms with van der Waals surface area (Å²) in [5.41, 5.74) is 0.584. The second-order valence-electron chi connectivity index (χ2n) is 14.1. The summed E-state index contributed by atoms with van der Waals surface area (Å²) in [6.07, 6.45) is 10.7. The van der Waals surface area contributed by atoms with Crippen LogP contribution in [0.3, 0.4) is 0 Å². The summed E-state index contributed by atoms with van der Waals surface area (Å²) < 4.78 is 54.7. The molecule has 8 nitrogen and oxygen atoms in total. The van der Waals surface area contributed by atoms with Crippen molar-refractivity contribution in [3.8, 4) is 29.5 Å². The number of halogens is 3. The standard InChI is InChI=1S/C36H34F3N7O/c1-3-20-6-4-7-21-12-27-25(15-40-44-27)29(28(20)21)30-26(38)13-24-32(31(30)39)41-34(47-19-36-9-5-11-46(36)16-22(37)14-36)42-33(24)45-17-23-8-10-35(2,18-45)43-23/h1,4,6-7,12-13,15,22-23,43H,5,8-11,14,16-19H2,2H3,(H,40,44)/t22-,23?,35+,36+/m1/s1. The third kappa shape index (κ3) is 4.41. The van der Waals surface area contributed by atoms with Crippen molar-refractivity contribution in [2.24, 2.45) is 0 Å². The number of hydrogen-bond donors (Lipinski definition) is 2. The number of aromatic amines is 1. The van der Waals surface area contributed by atoms with Crippen LogP contribution in [0.4, 0.5) is 19.0 Å². The molecule has 0 aliphatic carbocycles. The lowest BCUT2D eigenvalue weighted by molar-refractivity contribution is 0.107. The molecule has 6 heterocycles. The van der Waals surface area contributed by atoms with Gasteiger partial charge in [-0.05, 0) is 62.7 Å². The van der Waals surface area contributed by atoms with Crippen LogP contribution >= 0.6 is 0 Å². The van der Waals surface area contributed by atoms with E-state index in [1.54, 1.807) is 12.3 Å². The molecule has 2 aromatic heterocycles. The topological polar surface area (TPSA) is 82.2 Å². The van der Waals surface area contributed by atoms with Crippen molar-refractivity contribution < 1.29 is 17.9 Å². The molecular weight excluding hydrogens is 603 g/mol. The lowest BCUT2D eigenvalue weighted by Crippen LogP contribution is -2.58. The van der Waals surface area contributed by atoms with Crippen molar-refractivity contribution >= 4 is 38.4 Å². The summed E-state index contributed by atoms with van der Waals surface area (Å²) in [6.45, 7) is 4.82. The highest BCUT2D eigenvalue weighted by atomic mass is 19.1. The van der Waals surface area contributed by atoms with Crippen LogP contribution in [0.2, 0.25) is 0 Å². The quantitative estimate of drug-likeness (QED) is 0.233. The molecule has 4 aliphatic heterocycles. The molecule has 4 fully saturated rings. The Bertz CT molecular complexity index is 2150. The van der Waals surface area contributed by atoms with Crippen molar-refractivity contribution in [1.82, 2.24) is 30.4 Å². The molecule has 0 spiro atoms. The van der Waals surface area contributed by atoms with Gasteiger partial charge in [0.2, 0.25) is 0 Å². The van der Waals surface area contributed by atoms with Crippen molar-refractivity contribution in [3.05, 3.63) is 53.7 Å². The van der Waals surface area contributed by atoms with Gasteiger partial charge in [0, 0.05) is 64.9 Å². The molecule has 4 saturated heterocycles. The number of H-pyrrole nitrogens is 1. The molecule has 5 aromatic rings. The van der Waals surface area contributed by atoms with E-state index in [2.05, 4.69) is 43.1 Å². The van der Waals surface area contributed by atoms with Crippen LogP contribution in [0.15, 0.2) is 36.5 Å². The zero-order valence-corrected chi connectivity index (χ0v) is 26.0. The van der Waals surface area contributed by atoms with Gasteiger partial charge in [-0.3, -0.25) is 10.00 Å². The van der Waals surface area contributed by atoms with E-state index in [1.165, 1.54) is 6.07 Å². The summed E-state index contributed by atoms with van der Waals surface area (Å²) in [5, 5.41) is 12.9. The molecule has 4 atom stereocenters. The van der Waals surface area contributed by atoms with E-state index in [0.29, 0.717) is 59.3 Å². The second kappa shape index (κ2) is 10.3. The Morgan fingerprint density at radius 1 is 1.13 bits per heavy atom. The highest BCUT2D eigenvalue weighted by Crippen LogP contribution is 2.44. The Kier molecular flexibility index (Phi) is 6.31. The molecular formula is C36H34F3N7O. The van der Waals surface area contributed by atoms with E-state index in [4.69, 9.17) is 16.1 Å². The molecule has 1 unspecified atom stereocenters. The van der Waals surface area contributed by atoms with E-state index in [0.717, 1.165) is 37.6 Å². The normalized spacial score (nSPS) is 27.3. The van der Waals surface area contributed by atoms with Gasteiger partial charge in [0.25, 0.3) is 0 Å². The number of ether oxygens (including phenoxy) is 1. The number of hydrogen-bond acceptors (Lipinski definition) is 7. The Morgan fingerprint density at radius 3 is 2.87 bits per heavy atom. The van der Waals surface area contributed by atoms with Crippen molar-refractivity contribution in [2.75, 3.05) is 37.7 Å². The molecule has 2 bridgehead atoms. The summed E-state index contributed by atoms with van der Waals surface area (Å²) in [6, 6.07) is 8.89. The first kappa shape index (κ1) is 28.8. The molecule has 0 amide bonds. The first-order valence-corrected chi connectivity index (χ1v) is 16.3. The second-order valence-corrected chi connectivity index (χ2v) is 14.1. The van der Waals surface area contributed by atoms with Crippen LogP contribution in [0.25, 0.3) is 43.7 Å². The van der Waals surface area contributed by atoms with E-state index in [9.17, 15) is 4.39 Å². The van der Waals surface area contributed by atoms with E-state index in [-0.39, 0.29) is 40.7 Å². The fraction of sp³-hybridized carbons (Fsp3) is 0.417. The molecule has 0 radical (unpaired) electrons. The number of nitrogens with zero attached hydrogens (tertiary/aromatic N) is 5. The van der Waals surface area contributed by atoms with E-state index < -0.39 is 23.3 Å². The summed E-state index contributed by atoms with van der Waals surface area (Å²) >= 11 is 0. The van der Waals surface area contributed by atoms with Gasteiger partial charge in [-0.2, -0.15) is 15.1 Å². The molecule has 240 valence electrons. The van der Waals surface area contributed by atoms with Gasteiger partial charge in [-0.25, -0.2) is 13.2 Å². The number of terminal acetylenes is 1. The largest absolute Gasteiger partial charge is 0.461 e. The molecule has 9 rings (SSSR count). The molecule has 0 saturated carbocycles. The van der Waals surface area contributed by atoms with Crippen LogP contribution in [0, 0.1) is 24.0 Å². The van der Waals surface area contributed by atoms with Gasteiger partial charge in [0.1, 0.15) is 29.9 Å². The average molecular weight is 638 g/mol. The molecule has 3 aromatic carbocycles. The van der Waals surface area contributed by atoms with Gasteiger partial charge in [0.15, 0.2) is 5.82 Å². The van der Waals surface area contributed by atoms with Crippen LogP contribution in [-0.4, -0.2) is 81.1 Å². The Hall–Kier alpha value is -4.40. The number of nitrogens with one attached hydrogen (secondary N) is 2. The molecule has 2 N–H and O–H groups in total. The van der Waals surface area contributed by atoms with Crippen molar-refractivity contribution in [1.29, 1.82) is 0 Å². The Morgan fingerprint density at radius 2 is 2.02 bits per heavy atom. The minimum atomic E-state index is -0.916. The number of fused-ring (bicyclic) bond motifs is 6. The van der Waals surface area contributed by atoms with E-state index >= 15 is 8.78 Å². The van der Waals surface area contributed by atoms with Crippen LogP contribution < -0.4 is 15.0 Å². The first-order valence-electron chi connectivity index (χ1n) is 16.3. The SMILES string of the molecule is C#Cc1cccc2cc3[nH]ncc3c(-c3c(F)cc4c(N5CC6CC[C@@](C)(C5)N6)nc(OC[C@@]56CCCN5C[C@H](F)C6)nc4c3F)c12. The summed E-state index contributed by atoms with van der Waals surface area (Å²) in [7, 11) is 0. The minimum absolute atomic E-state index is 0.000726. The van der Waals surface area contributed by atoms with Crippen LogP contribution in [0.5, 0.6) is 6.01 Å². The van der Waals surface area contributed by atoms with Crippen LogP contribution in [-0.2, 0) is 0 Å². The smallest absolute Gasteiger partial charge is 0.319 e. The maximum atomic E-state index is 17.2. The number of alkyl halides is 1.